The molecule has 0 saturated heterocycles. The largest absolute Gasteiger partial charge is 0.497 e. The molecule has 0 heterocycles. The normalized spacial score (nSPS) is 10.0. The van der Waals surface area contributed by atoms with Gasteiger partial charge in [-0.2, -0.15) is 0 Å². The van der Waals surface area contributed by atoms with Gasteiger partial charge in [0.05, 0.1) is 25.5 Å². The molecule has 0 bridgehead atoms. The molecule has 0 unspecified atom stereocenters. The zero-order valence-electron chi connectivity index (χ0n) is 12.8. The maximum absolute atomic E-state index is 12.4. The second-order valence-corrected chi connectivity index (χ2v) is 4.96. The lowest BCUT2D eigenvalue weighted by molar-refractivity contribution is 0.0601. The quantitative estimate of drug-likeness (QED) is 0.672. The smallest absolute Gasteiger partial charge is 0.340 e. The number of benzene rings is 2. The topological polar surface area (TPSA) is 64.6 Å². The Labute approximate surface area is 139 Å². The Morgan fingerprint density at radius 3 is 2.57 bits per heavy atom. The maximum atomic E-state index is 12.4. The summed E-state index contributed by atoms with van der Waals surface area (Å²) in [6.07, 6.45) is 0. The number of rotatable bonds is 5. The lowest BCUT2D eigenvalue weighted by atomic mass is 10.1. The Kier molecular flexibility index (Phi) is 5.60. The third-order valence-corrected chi connectivity index (χ3v) is 3.53. The van der Waals surface area contributed by atoms with Crippen molar-refractivity contribution in [2.24, 2.45) is 0 Å². The second kappa shape index (κ2) is 7.65. The van der Waals surface area contributed by atoms with Gasteiger partial charge >= 0.3 is 5.97 Å². The molecule has 6 heteroatoms. The van der Waals surface area contributed by atoms with Gasteiger partial charge in [-0.3, -0.25) is 4.79 Å². The van der Waals surface area contributed by atoms with Crippen molar-refractivity contribution in [2.45, 2.75) is 5.88 Å². The van der Waals surface area contributed by atoms with Crippen LogP contribution < -0.4 is 10.1 Å². The molecule has 2 aromatic rings. The Hall–Kier alpha value is -2.53. The van der Waals surface area contributed by atoms with E-state index in [4.69, 9.17) is 21.1 Å². The molecule has 0 aliphatic carbocycles. The monoisotopic (exact) mass is 333 g/mol. The molecule has 0 atom stereocenters. The van der Waals surface area contributed by atoms with Crippen LogP contribution in [0.5, 0.6) is 5.75 Å². The number of halogens is 1. The van der Waals surface area contributed by atoms with Gasteiger partial charge in [-0.05, 0) is 35.9 Å². The first-order valence-corrected chi connectivity index (χ1v) is 7.35. The number of hydrogen-bond donors (Lipinski definition) is 1. The number of methoxy groups -OCH3 is 2. The first-order chi connectivity index (χ1) is 11.1. The Morgan fingerprint density at radius 2 is 1.91 bits per heavy atom. The zero-order valence-corrected chi connectivity index (χ0v) is 13.5. The zero-order chi connectivity index (χ0) is 16.8. The molecule has 1 N–H and O–H groups in total. The van der Waals surface area contributed by atoms with Gasteiger partial charge in [-0.25, -0.2) is 4.79 Å². The third kappa shape index (κ3) is 4.02. The number of esters is 1. The van der Waals surface area contributed by atoms with Gasteiger partial charge in [-0.1, -0.05) is 12.1 Å². The van der Waals surface area contributed by atoms with Crippen LogP contribution in [0, 0.1) is 0 Å². The van der Waals surface area contributed by atoms with E-state index in [9.17, 15) is 9.59 Å². The van der Waals surface area contributed by atoms with Crippen molar-refractivity contribution >= 4 is 29.2 Å². The van der Waals surface area contributed by atoms with Crippen molar-refractivity contribution < 1.29 is 19.1 Å². The molecule has 0 aliphatic rings. The van der Waals surface area contributed by atoms with E-state index in [0.717, 1.165) is 5.56 Å². The lowest BCUT2D eigenvalue weighted by Crippen LogP contribution is -2.15. The number of hydrogen-bond acceptors (Lipinski definition) is 4. The Bertz CT molecular complexity index is 730. The highest BCUT2D eigenvalue weighted by Gasteiger charge is 2.16. The molecule has 0 aromatic heterocycles. The SMILES string of the molecule is COC(=O)c1cc(OC)ccc1NC(=O)c1cccc(CCl)c1. The molecule has 0 aliphatic heterocycles. The maximum Gasteiger partial charge on any atom is 0.340 e. The van der Waals surface area contributed by atoms with Gasteiger partial charge in [-0.15, -0.1) is 11.6 Å². The van der Waals surface area contributed by atoms with Gasteiger partial charge < -0.3 is 14.8 Å². The number of nitrogens with one attached hydrogen (secondary N) is 1. The van der Waals surface area contributed by atoms with E-state index >= 15 is 0 Å². The summed E-state index contributed by atoms with van der Waals surface area (Å²) in [5.74, 6) is -0.0922. The molecule has 0 spiro atoms. The van der Waals surface area contributed by atoms with Crippen molar-refractivity contribution in [3.63, 3.8) is 0 Å². The summed E-state index contributed by atoms with van der Waals surface area (Å²) in [7, 11) is 2.77. The number of carbonyl (C=O) groups excluding carboxylic acids is 2. The summed E-state index contributed by atoms with van der Waals surface area (Å²) >= 11 is 5.78. The summed E-state index contributed by atoms with van der Waals surface area (Å²) in [4.78, 5) is 24.2. The van der Waals surface area contributed by atoms with E-state index in [2.05, 4.69) is 5.32 Å². The Morgan fingerprint density at radius 1 is 1.13 bits per heavy atom. The van der Waals surface area contributed by atoms with Crippen LogP contribution in [-0.2, 0) is 10.6 Å². The molecule has 2 aromatic carbocycles. The summed E-state index contributed by atoms with van der Waals surface area (Å²) in [5.41, 5.74) is 1.85. The number of ether oxygens (including phenoxy) is 2. The van der Waals surface area contributed by atoms with E-state index in [1.165, 1.54) is 20.3 Å². The summed E-state index contributed by atoms with van der Waals surface area (Å²) < 4.78 is 9.83. The fourth-order valence-electron chi connectivity index (χ4n) is 2.03. The summed E-state index contributed by atoms with van der Waals surface area (Å²) in [5, 5.41) is 2.71. The average molecular weight is 334 g/mol. The third-order valence-electron chi connectivity index (χ3n) is 3.22. The highest BCUT2D eigenvalue weighted by molar-refractivity contribution is 6.17. The molecule has 2 rings (SSSR count). The van der Waals surface area contributed by atoms with E-state index < -0.39 is 5.97 Å². The van der Waals surface area contributed by atoms with Crippen LogP contribution in [0.4, 0.5) is 5.69 Å². The van der Waals surface area contributed by atoms with Crippen LogP contribution in [0.15, 0.2) is 42.5 Å². The van der Waals surface area contributed by atoms with Crippen molar-refractivity contribution in [3.8, 4) is 5.75 Å². The van der Waals surface area contributed by atoms with Crippen LogP contribution in [0.1, 0.15) is 26.3 Å². The minimum Gasteiger partial charge on any atom is -0.497 e. The standard InChI is InChI=1S/C17H16ClNO4/c1-22-13-6-7-15(14(9-13)17(21)23-2)19-16(20)12-5-3-4-11(8-12)10-18/h3-9H,10H2,1-2H3,(H,19,20). The van der Waals surface area contributed by atoms with Crippen molar-refractivity contribution in [2.75, 3.05) is 19.5 Å². The highest BCUT2D eigenvalue weighted by atomic mass is 35.5. The molecule has 0 saturated carbocycles. The van der Waals surface area contributed by atoms with Crippen molar-refractivity contribution in [1.29, 1.82) is 0 Å². The predicted octanol–water partition coefficient (Wildman–Crippen LogP) is 3.47. The Balaban J connectivity index is 2.31. The number of anilines is 1. The average Bonchev–Trinajstić information content (AvgIpc) is 2.61. The molecular formula is C17H16ClNO4. The van der Waals surface area contributed by atoms with Gasteiger partial charge in [0.25, 0.3) is 5.91 Å². The fraction of sp³-hybridized carbons (Fsp3) is 0.176. The molecule has 5 nitrogen and oxygen atoms in total. The molecule has 120 valence electrons. The predicted molar refractivity (Wildman–Crippen MR) is 88.3 cm³/mol. The lowest BCUT2D eigenvalue weighted by Gasteiger charge is -2.11. The molecule has 0 radical (unpaired) electrons. The molecular weight excluding hydrogens is 318 g/mol. The van der Waals surface area contributed by atoms with Gasteiger partial charge in [0.15, 0.2) is 0 Å². The molecule has 0 fully saturated rings. The number of carbonyl (C=O) groups is 2. The van der Waals surface area contributed by atoms with Crippen molar-refractivity contribution in [1.82, 2.24) is 0 Å². The minimum absolute atomic E-state index is 0.216. The van der Waals surface area contributed by atoms with Crippen LogP contribution in [-0.4, -0.2) is 26.1 Å². The molecule has 23 heavy (non-hydrogen) atoms. The van der Waals surface area contributed by atoms with Crippen LogP contribution in [0.2, 0.25) is 0 Å². The second-order valence-electron chi connectivity index (χ2n) is 4.69. The first kappa shape index (κ1) is 16.8. The molecule has 1 amide bonds. The van der Waals surface area contributed by atoms with Crippen molar-refractivity contribution in [3.05, 3.63) is 59.2 Å². The van der Waals surface area contributed by atoms with Crippen LogP contribution >= 0.6 is 11.6 Å². The van der Waals surface area contributed by atoms with E-state index in [0.29, 0.717) is 22.9 Å². The van der Waals surface area contributed by atoms with E-state index in [1.54, 1.807) is 30.3 Å². The van der Waals surface area contributed by atoms with Gasteiger partial charge in [0, 0.05) is 11.4 Å². The van der Waals surface area contributed by atoms with Crippen LogP contribution in [0.25, 0.3) is 0 Å². The summed E-state index contributed by atoms with van der Waals surface area (Å²) in [6, 6.07) is 11.7. The van der Waals surface area contributed by atoms with Gasteiger partial charge in [0.2, 0.25) is 0 Å². The first-order valence-electron chi connectivity index (χ1n) is 6.81. The highest BCUT2D eigenvalue weighted by Crippen LogP contribution is 2.23. The van der Waals surface area contributed by atoms with E-state index in [1.807, 2.05) is 6.07 Å². The van der Waals surface area contributed by atoms with Crippen LogP contribution in [0.3, 0.4) is 0 Å². The summed E-state index contributed by atoms with van der Waals surface area (Å²) in [6.45, 7) is 0. The minimum atomic E-state index is -0.561. The van der Waals surface area contributed by atoms with Gasteiger partial charge in [0.1, 0.15) is 5.75 Å². The number of amides is 1. The van der Waals surface area contributed by atoms with E-state index in [-0.39, 0.29) is 11.5 Å². The number of alkyl halides is 1. The fourth-order valence-corrected chi connectivity index (χ4v) is 2.19.